The molecule has 3 N–H and O–H groups in total. The van der Waals surface area contributed by atoms with E-state index in [0.29, 0.717) is 6.10 Å². The van der Waals surface area contributed by atoms with Gasteiger partial charge in [-0.25, -0.2) is 0 Å². The maximum absolute atomic E-state index is 11.9. The topological polar surface area (TPSA) is 64.3 Å². The number of carbonyl (C=O) groups is 1. The molecule has 1 aromatic rings. The molecule has 0 unspecified atom stereocenters. The van der Waals surface area contributed by atoms with E-state index in [1.165, 1.54) is 0 Å². The Morgan fingerprint density at radius 1 is 1.44 bits per heavy atom. The predicted molar refractivity (Wildman–Crippen MR) is 69.9 cm³/mol. The van der Waals surface area contributed by atoms with Gasteiger partial charge in [-0.15, -0.1) is 0 Å². The molecule has 0 heterocycles. The SMILES string of the molecule is CCOC1CC(NC(=O)[C@H](N)c2ccccc2)C1. The molecule has 1 aliphatic rings. The van der Waals surface area contributed by atoms with E-state index in [9.17, 15) is 4.79 Å². The molecule has 0 radical (unpaired) electrons. The minimum absolute atomic E-state index is 0.110. The second kappa shape index (κ2) is 5.98. The van der Waals surface area contributed by atoms with E-state index >= 15 is 0 Å². The number of amides is 1. The number of nitrogens with two attached hydrogens (primary N) is 1. The van der Waals surface area contributed by atoms with Gasteiger partial charge in [-0.3, -0.25) is 4.79 Å². The summed E-state index contributed by atoms with van der Waals surface area (Å²) in [6, 6.07) is 9.05. The number of hydrogen-bond acceptors (Lipinski definition) is 3. The van der Waals surface area contributed by atoms with Gasteiger partial charge in [0.1, 0.15) is 6.04 Å². The number of ether oxygens (including phenoxy) is 1. The summed E-state index contributed by atoms with van der Waals surface area (Å²) in [7, 11) is 0. The molecule has 18 heavy (non-hydrogen) atoms. The minimum Gasteiger partial charge on any atom is -0.378 e. The first kappa shape index (κ1) is 13.1. The molecule has 0 bridgehead atoms. The third-order valence-corrected chi connectivity index (χ3v) is 3.28. The molecular formula is C14H20N2O2. The van der Waals surface area contributed by atoms with Crippen LogP contribution in [0.4, 0.5) is 0 Å². The average molecular weight is 248 g/mol. The van der Waals surface area contributed by atoms with Crippen LogP contribution < -0.4 is 11.1 Å². The molecule has 0 aromatic heterocycles. The first-order chi connectivity index (χ1) is 8.70. The molecule has 1 atom stereocenters. The second-order valence-electron chi connectivity index (χ2n) is 4.64. The highest BCUT2D eigenvalue weighted by atomic mass is 16.5. The van der Waals surface area contributed by atoms with Crippen LogP contribution in [0.3, 0.4) is 0 Å². The highest BCUT2D eigenvalue weighted by Gasteiger charge is 2.31. The van der Waals surface area contributed by atoms with Crippen LogP contribution in [0.25, 0.3) is 0 Å². The summed E-state index contributed by atoms with van der Waals surface area (Å²) < 4.78 is 5.45. The van der Waals surface area contributed by atoms with Crippen molar-refractivity contribution >= 4 is 5.91 Å². The molecule has 2 rings (SSSR count). The Morgan fingerprint density at radius 3 is 2.72 bits per heavy atom. The Balaban J connectivity index is 1.79. The standard InChI is InChI=1S/C14H20N2O2/c1-2-18-12-8-11(9-12)16-14(17)13(15)10-6-4-3-5-7-10/h3-7,11-13H,2,8-9,15H2,1H3,(H,16,17)/t11?,12?,13-/m1/s1. The van der Waals surface area contributed by atoms with Gasteiger partial charge in [0.25, 0.3) is 0 Å². The lowest BCUT2D eigenvalue weighted by Gasteiger charge is -2.35. The maximum atomic E-state index is 11.9. The molecule has 4 nitrogen and oxygen atoms in total. The van der Waals surface area contributed by atoms with Crippen molar-refractivity contribution in [1.29, 1.82) is 0 Å². The zero-order chi connectivity index (χ0) is 13.0. The van der Waals surface area contributed by atoms with Crippen molar-refractivity contribution in [2.45, 2.75) is 38.0 Å². The highest BCUT2D eigenvalue weighted by molar-refractivity contribution is 5.83. The average Bonchev–Trinajstić information content (AvgIpc) is 2.36. The number of benzene rings is 1. The Kier molecular flexibility index (Phi) is 4.33. The van der Waals surface area contributed by atoms with Crippen LogP contribution in [0, 0.1) is 0 Å². The summed E-state index contributed by atoms with van der Waals surface area (Å²) in [5, 5.41) is 2.96. The molecule has 0 saturated heterocycles. The molecule has 1 aliphatic carbocycles. The number of carbonyl (C=O) groups excluding carboxylic acids is 1. The molecule has 1 fully saturated rings. The van der Waals surface area contributed by atoms with Gasteiger partial charge in [0.05, 0.1) is 6.10 Å². The molecule has 98 valence electrons. The van der Waals surface area contributed by atoms with E-state index in [0.717, 1.165) is 25.0 Å². The zero-order valence-electron chi connectivity index (χ0n) is 10.6. The number of nitrogens with one attached hydrogen (secondary N) is 1. The third kappa shape index (κ3) is 3.09. The Hall–Kier alpha value is -1.39. The van der Waals surface area contributed by atoms with E-state index in [2.05, 4.69) is 5.32 Å². The van der Waals surface area contributed by atoms with Gasteiger partial charge >= 0.3 is 0 Å². The predicted octanol–water partition coefficient (Wildman–Crippen LogP) is 1.37. The smallest absolute Gasteiger partial charge is 0.241 e. The molecule has 4 heteroatoms. The Labute approximate surface area is 108 Å². The van der Waals surface area contributed by atoms with E-state index in [1.54, 1.807) is 0 Å². The molecule has 1 amide bonds. The highest BCUT2D eigenvalue weighted by Crippen LogP contribution is 2.23. The first-order valence-electron chi connectivity index (χ1n) is 6.43. The van der Waals surface area contributed by atoms with Gasteiger partial charge in [0.2, 0.25) is 5.91 Å². The van der Waals surface area contributed by atoms with E-state index in [4.69, 9.17) is 10.5 Å². The number of rotatable bonds is 5. The van der Waals surface area contributed by atoms with Crippen molar-refractivity contribution in [2.75, 3.05) is 6.61 Å². The molecule has 1 aromatic carbocycles. The maximum Gasteiger partial charge on any atom is 0.241 e. The Morgan fingerprint density at radius 2 is 2.11 bits per heavy atom. The molecular weight excluding hydrogens is 228 g/mol. The molecule has 0 spiro atoms. The van der Waals surface area contributed by atoms with E-state index in [-0.39, 0.29) is 11.9 Å². The van der Waals surface area contributed by atoms with Crippen molar-refractivity contribution in [2.24, 2.45) is 5.73 Å². The van der Waals surface area contributed by atoms with Crippen LogP contribution in [0.15, 0.2) is 30.3 Å². The summed E-state index contributed by atoms with van der Waals surface area (Å²) in [6.07, 6.45) is 2.08. The summed E-state index contributed by atoms with van der Waals surface area (Å²) in [5.41, 5.74) is 6.76. The third-order valence-electron chi connectivity index (χ3n) is 3.28. The lowest BCUT2D eigenvalue weighted by atomic mass is 9.89. The summed E-state index contributed by atoms with van der Waals surface area (Å²) >= 11 is 0. The second-order valence-corrected chi connectivity index (χ2v) is 4.64. The van der Waals surface area contributed by atoms with Crippen LogP contribution in [-0.4, -0.2) is 24.7 Å². The Bertz CT molecular complexity index is 388. The van der Waals surface area contributed by atoms with Crippen molar-refractivity contribution < 1.29 is 9.53 Å². The first-order valence-corrected chi connectivity index (χ1v) is 6.43. The quantitative estimate of drug-likeness (QED) is 0.827. The van der Waals surface area contributed by atoms with Crippen molar-refractivity contribution in [3.63, 3.8) is 0 Å². The fourth-order valence-corrected chi connectivity index (χ4v) is 2.16. The molecule has 0 aliphatic heterocycles. The van der Waals surface area contributed by atoms with E-state index < -0.39 is 6.04 Å². The van der Waals surface area contributed by atoms with Gasteiger partial charge in [0.15, 0.2) is 0 Å². The van der Waals surface area contributed by atoms with Crippen LogP contribution >= 0.6 is 0 Å². The van der Waals surface area contributed by atoms with Crippen LogP contribution in [0.1, 0.15) is 31.4 Å². The van der Waals surface area contributed by atoms with Gasteiger partial charge in [0, 0.05) is 12.6 Å². The van der Waals surface area contributed by atoms with Gasteiger partial charge in [-0.05, 0) is 25.3 Å². The fraction of sp³-hybridized carbons (Fsp3) is 0.500. The van der Waals surface area contributed by atoms with E-state index in [1.807, 2.05) is 37.3 Å². The van der Waals surface area contributed by atoms with Crippen LogP contribution in [0.5, 0.6) is 0 Å². The van der Waals surface area contributed by atoms with Gasteiger partial charge < -0.3 is 15.8 Å². The zero-order valence-corrected chi connectivity index (χ0v) is 10.6. The minimum atomic E-state index is -0.586. The van der Waals surface area contributed by atoms with Crippen molar-refractivity contribution in [3.8, 4) is 0 Å². The van der Waals surface area contributed by atoms with Crippen LogP contribution in [-0.2, 0) is 9.53 Å². The summed E-state index contributed by atoms with van der Waals surface area (Å²) in [4.78, 5) is 11.9. The lowest BCUT2D eigenvalue weighted by molar-refractivity contribution is -0.125. The van der Waals surface area contributed by atoms with Crippen molar-refractivity contribution in [1.82, 2.24) is 5.32 Å². The monoisotopic (exact) mass is 248 g/mol. The summed E-state index contributed by atoms with van der Waals surface area (Å²) in [5.74, 6) is -0.110. The van der Waals surface area contributed by atoms with Crippen LogP contribution in [0.2, 0.25) is 0 Å². The lowest BCUT2D eigenvalue weighted by Crippen LogP contribution is -2.50. The van der Waals surface area contributed by atoms with Gasteiger partial charge in [-0.2, -0.15) is 0 Å². The van der Waals surface area contributed by atoms with Gasteiger partial charge in [-0.1, -0.05) is 30.3 Å². The largest absolute Gasteiger partial charge is 0.378 e. The fourth-order valence-electron chi connectivity index (χ4n) is 2.16. The number of hydrogen-bond donors (Lipinski definition) is 2. The molecule has 1 saturated carbocycles. The summed E-state index contributed by atoms with van der Waals surface area (Å²) in [6.45, 7) is 2.71. The normalized spacial score (nSPS) is 24.1. The van der Waals surface area contributed by atoms with Crippen molar-refractivity contribution in [3.05, 3.63) is 35.9 Å².